The molecule has 1 aliphatic heterocycles. The Morgan fingerprint density at radius 3 is 2.94 bits per heavy atom. The molecule has 3 nitrogen and oxygen atoms in total. The molecule has 2 heterocycles. The first kappa shape index (κ1) is 12.5. The first-order valence-electron chi connectivity index (χ1n) is 6.52. The second-order valence-electron chi connectivity index (χ2n) is 4.96. The second-order valence-corrected chi connectivity index (χ2v) is 4.96. The molecule has 0 aliphatic carbocycles. The van der Waals surface area contributed by atoms with Crippen molar-refractivity contribution in [2.75, 3.05) is 13.2 Å². The van der Waals surface area contributed by atoms with Gasteiger partial charge in [0.15, 0.2) is 0 Å². The van der Waals surface area contributed by atoms with Crippen molar-refractivity contribution < 1.29 is 4.74 Å². The van der Waals surface area contributed by atoms with Crippen molar-refractivity contribution in [2.45, 2.75) is 44.8 Å². The lowest BCUT2D eigenvalue weighted by molar-refractivity contribution is -0.0812. The van der Waals surface area contributed by atoms with E-state index in [1.54, 1.807) is 0 Å². The third-order valence-corrected chi connectivity index (χ3v) is 3.50. The van der Waals surface area contributed by atoms with Crippen LogP contribution >= 0.6 is 0 Å². The summed E-state index contributed by atoms with van der Waals surface area (Å²) in [6.45, 7) is 6.31. The molecule has 1 aromatic rings. The molecule has 2 unspecified atom stereocenters. The number of nitrogens with one attached hydrogen (secondary N) is 1. The monoisotopic (exact) mass is 234 g/mol. The van der Waals surface area contributed by atoms with Crippen molar-refractivity contribution in [2.24, 2.45) is 0 Å². The molecule has 0 amide bonds. The Labute approximate surface area is 104 Å². The van der Waals surface area contributed by atoms with Gasteiger partial charge in [-0.25, -0.2) is 0 Å². The Bertz CT molecular complexity index is 341. The van der Waals surface area contributed by atoms with Crippen molar-refractivity contribution in [1.82, 2.24) is 10.3 Å². The molecular weight excluding hydrogens is 212 g/mol. The fourth-order valence-corrected chi connectivity index (χ4v) is 2.49. The van der Waals surface area contributed by atoms with Crippen LogP contribution < -0.4 is 5.32 Å². The Morgan fingerprint density at radius 1 is 1.47 bits per heavy atom. The van der Waals surface area contributed by atoms with Gasteiger partial charge < -0.3 is 10.1 Å². The van der Waals surface area contributed by atoms with Crippen LogP contribution in [0.2, 0.25) is 0 Å². The highest BCUT2D eigenvalue weighted by atomic mass is 16.5. The van der Waals surface area contributed by atoms with Gasteiger partial charge in [-0.3, -0.25) is 4.98 Å². The molecule has 3 heteroatoms. The number of rotatable bonds is 4. The van der Waals surface area contributed by atoms with Crippen LogP contribution in [0.3, 0.4) is 0 Å². The summed E-state index contributed by atoms with van der Waals surface area (Å²) in [5, 5.41) is 3.60. The van der Waals surface area contributed by atoms with Crippen LogP contribution in [-0.4, -0.2) is 24.2 Å². The van der Waals surface area contributed by atoms with Crippen LogP contribution in [0, 0.1) is 0 Å². The molecule has 1 N–H and O–H groups in total. The van der Waals surface area contributed by atoms with E-state index in [0.717, 1.165) is 26.0 Å². The molecule has 0 saturated carbocycles. The fraction of sp³-hybridized carbons (Fsp3) is 0.643. The zero-order chi connectivity index (χ0) is 12.1. The normalized spacial score (nSPS) is 29.2. The molecule has 1 aromatic heterocycles. The van der Waals surface area contributed by atoms with Crippen molar-refractivity contribution in [3.8, 4) is 0 Å². The molecule has 1 fully saturated rings. The SMILES string of the molecule is CCCNC1CCOC(C)(c2ccncc2)C1. The first-order valence-corrected chi connectivity index (χ1v) is 6.52. The summed E-state index contributed by atoms with van der Waals surface area (Å²) in [5.41, 5.74) is 1.07. The summed E-state index contributed by atoms with van der Waals surface area (Å²) in [5.74, 6) is 0. The lowest BCUT2D eigenvalue weighted by Gasteiger charge is -2.39. The lowest BCUT2D eigenvalue weighted by Crippen LogP contribution is -2.44. The van der Waals surface area contributed by atoms with Crippen LogP contribution in [0.15, 0.2) is 24.5 Å². The lowest BCUT2D eigenvalue weighted by atomic mass is 9.86. The number of aromatic nitrogens is 1. The van der Waals surface area contributed by atoms with Crippen molar-refractivity contribution in [3.05, 3.63) is 30.1 Å². The van der Waals surface area contributed by atoms with Gasteiger partial charge in [-0.15, -0.1) is 0 Å². The van der Waals surface area contributed by atoms with Crippen molar-refractivity contribution >= 4 is 0 Å². The van der Waals surface area contributed by atoms with Crippen LogP contribution in [0.5, 0.6) is 0 Å². The largest absolute Gasteiger partial charge is 0.370 e. The minimum Gasteiger partial charge on any atom is -0.370 e. The summed E-state index contributed by atoms with van der Waals surface area (Å²) in [6.07, 6.45) is 7.01. The number of pyridine rings is 1. The number of hydrogen-bond donors (Lipinski definition) is 1. The van der Waals surface area contributed by atoms with Crippen LogP contribution in [0.4, 0.5) is 0 Å². The third kappa shape index (κ3) is 3.05. The van der Waals surface area contributed by atoms with E-state index >= 15 is 0 Å². The summed E-state index contributed by atoms with van der Waals surface area (Å²) in [7, 11) is 0. The highest BCUT2D eigenvalue weighted by Gasteiger charge is 2.34. The molecule has 94 valence electrons. The second kappa shape index (κ2) is 5.61. The van der Waals surface area contributed by atoms with Crippen LogP contribution in [-0.2, 0) is 10.3 Å². The summed E-state index contributed by atoms with van der Waals surface area (Å²) >= 11 is 0. The fourth-order valence-electron chi connectivity index (χ4n) is 2.49. The van der Waals surface area contributed by atoms with E-state index < -0.39 is 0 Å². The van der Waals surface area contributed by atoms with Gasteiger partial charge >= 0.3 is 0 Å². The average molecular weight is 234 g/mol. The molecule has 1 aliphatic rings. The molecule has 0 aromatic carbocycles. The molecule has 0 radical (unpaired) electrons. The Hall–Kier alpha value is -0.930. The predicted molar refractivity (Wildman–Crippen MR) is 68.9 cm³/mol. The zero-order valence-electron chi connectivity index (χ0n) is 10.8. The third-order valence-electron chi connectivity index (χ3n) is 3.50. The Kier molecular flexibility index (Phi) is 4.13. The molecule has 17 heavy (non-hydrogen) atoms. The summed E-state index contributed by atoms with van der Waals surface area (Å²) < 4.78 is 5.99. The van der Waals surface area contributed by atoms with E-state index in [-0.39, 0.29) is 5.60 Å². The zero-order valence-corrected chi connectivity index (χ0v) is 10.8. The van der Waals surface area contributed by atoms with Crippen molar-refractivity contribution in [1.29, 1.82) is 0 Å². The van der Waals surface area contributed by atoms with Crippen LogP contribution in [0.25, 0.3) is 0 Å². The maximum absolute atomic E-state index is 5.99. The van der Waals surface area contributed by atoms with Crippen LogP contribution in [0.1, 0.15) is 38.7 Å². The van der Waals surface area contributed by atoms with E-state index in [2.05, 4.69) is 36.3 Å². The highest BCUT2D eigenvalue weighted by molar-refractivity contribution is 5.19. The smallest absolute Gasteiger partial charge is 0.0919 e. The van der Waals surface area contributed by atoms with Gasteiger partial charge in [0.25, 0.3) is 0 Å². The van der Waals surface area contributed by atoms with Crippen molar-refractivity contribution in [3.63, 3.8) is 0 Å². The summed E-state index contributed by atoms with van der Waals surface area (Å²) in [6, 6.07) is 4.69. The van der Waals surface area contributed by atoms with Gasteiger partial charge in [0.1, 0.15) is 0 Å². The van der Waals surface area contributed by atoms with Gasteiger partial charge in [-0.05, 0) is 50.4 Å². The van der Waals surface area contributed by atoms with Gasteiger partial charge in [0.05, 0.1) is 5.60 Å². The van der Waals surface area contributed by atoms with Gasteiger partial charge in [0, 0.05) is 25.0 Å². The van der Waals surface area contributed by atoms with E-state index in [1.807, 2.05) is 12.4 Å². The van der Waals surface area contributed by atoms with E-state index in [9.17, 15) is 0 Å². The van der Waals surface area contributed by atoms with E-state index in [0.29, 0.717) is 6.04 Å². The maximum atomic E-state index is 5.99. The molecule has 0 bridgehead atoms. The minimum atomic E-state index is -0.160. The maximum Gasteiger partial charge on any atom is 0.0919 e. The quantitative estimate of drug-likeness (QED) is 0.869. The minimum absolute atomic E-state index is 0.160. The van der Waals surface area contributed by atoms with E-state index in [1.165, 1.54) is 12.0 Å². The molecule has 2 atom stereocenters. The molecule has 2 rings (SSSR count). The predicted octanol–water partition coefficient (Wildman–Crippen LogP) is 2.48. The summed E-state index contributed by atoms with van der Waals surface area (Å²) in [4.78, 5) is 4.07. The number of hydrogen-bond acceptors (Lipinski definition) is 3. The van der Waals surface area contributed by atoms with Gasteiger partial charge in [0.2, 0.25) is 0 Å². The Balaban J connectivity index is 2.04. The van der Waals surface area contributed by atoms with Gasteiger partial charge in [-0.1, -0.05) is 6.92 Å². The Morgan fingerprint density at radius 2 is 2.24 bits per heavy atom. The number of nitrogens with zero attached hydrogens (tertiary/aromatic N) is 1. The average Bonchev–Trinajstić information content (AvgIpc) is 2.38. The van der Waals surface area contributed by atoms with E-state index in [4.69, 9.17) is 4.74 Å². The number of ether oxygens (including phenoxy) is 1. The highest BCUT2D eigenvalue weighted by Crippen LogP contribution is 2.34. The molecule has 1 saturated heterocycles. The standard InChI is InChI=1S/C14H22N2O/c1-3-7-16-13-6-10-17-14(2,11-13)12-4-8-15-9-5-12/h4-5,8-9,13,16H,3,6-7,10-11H2,1-2H3. The molecule has 0 spiro atoms. The first-order chi connectivity index (χ1) is 8.24. The topological polar surface area (TPSA) is 34.1 Å². The molecular formula is C14H22N2O. The van der Waals surface area contributed by atoms with Gasteiger partial charge in [-0.2, -0.15) is 0 Å².